The summed E-state index contributed by atoms with van der Waals surface area (Å²) in [5, 5.41) is 0. The molecule has 1 heterocycles. The van der Waals surface area contributed by atoms with Crippen molar-refractivity contribution < 1.29 is 4.74 Å². The van der Waals surface area contributed by atoms with Crippen molar-refractivity contribution in [2.24, 2.45) is 0 Å². The fourth-order valence-corrected chi connectivity index (χ4v) is 1.32. The molecule has 1 saturated heterocycles. The Morgan fingerprint density at radius 1 is 1.82 bits per heavy atom. The van der Waals surface area contributed by atoms with Crippen LogP contribution in [-0.2, 0) is 4.74 Å². The Balaban J connectivity index is 2.62. The number of hydrogen-bond donors (Lipinski definition) is 0. The topological polar surface area (TPSA) is 9.23 Å². The molecule has 1 aliphatic rings. The highest BCUT2D eigenvalue weighted by molar-refractivity contribution is 5.18. The van der Waals surface area contributed by atoms with E-state index < -0.39 is 0 Å². The maximum atomic E-state index is 5.48. The van der Waals surface area contributed by atoms with Gasteiger partial charge in [0.25, 0.3) is 0 Å². The summed E-state index contributed by atoms with van der Waals surface area (Å²) in [6.07, 6.45) is 6.40. The van der Waals surface area contributed by atoms with Gasteiger partial charge in [-0.05, 0) is 24.5 Å². The first-order chi connectivity index (χ1) is 5.38. The molecule has 1 nitrogen and oxygen atoms in total. The molecule has 0 bridgehead atoms. The first kappa shape index (κ1) is 8.32. The van der Waals surface area contributed by atoms with Gasteiger partial charge in [-0.25, -0.2) is 0 Å². The molecule has 11 heavy (non-hydrogen) atoms. The molecule has 0 spiro atoms. The summed E-state index contributed by atoms with van der Waals surface area (Å²) in [6.45, 7) is 6.52. The Morgan fingerprint density at radius 2 is 2.64 bits per heavy atom. The summed E-state index contributed by atoms with van der Waals surface area (Å²) in [4.78, 5) is 0. The van der Waals surface area contributed by atoms with Gasteiger partial charge in [-0.15, -0.1) is 5.73 Å². The summed E-state index contributed by atoms with van der Waals surface area (Å²) >= 11 is 0. The second-order valence-corrected chi connectivity index (χ2v) is 2.63. The van der Waals surface area contributed by atoms with Crippen LogP contribution < -0.4 is 0 Å². The fourth-order valence-electron chi connectivity index (χ4n) is 1.32. The Hall–Kier alpha value is -0.780. The van der Waals surface area contributed by atoms with E-state index >= 15 is 0 Å². The lowest BCUT2D eigenvalue weighted by atomic mass is 10.1. The van der Waals surface area contributed by atoms with Crippen LogP contribution in [0.2, 0.25) is 0 Å². The maximum absolute atomic E-state index is 5.48. The van der Waals surface area contributed by atoms with Crippen LogP contribution in [0, 0.1) is 0 Å². The second-order valence-electron chi connectivity index (χ2n) is 2.63. The first-order valence-corrected chi connectivity index (χ1v) is 4.05. The minimum absolute atomic E-state index is 0.347. The third-order valence-electron chi connectivity index (χ3n) is 1.91. The molecule has 1 rings (SSSR count). The van der Waals surface area contributed by atoms with E-state index in [0.29, 0.717) is 6.10 Å². The lowest BCUT2D eigenvalue weighted by Crippen LogP contribution is -2.04. The number of rotatable bonds is 2. The largest absolute Gasteiger partial charge is 0.374 e. The van der Waals surface area contributed by atoms with Gasteiger partial charge in [0.05, 0.1) is 12.7 Å². The molecule has 0 aromatic heterocycles. The normalized spacial score (nSPS) is 27.0. The van der Waals surface area contributed by atoms with E-state index in [4.69, 9.17) is 4.74 Å². The first-order valence-electron chi connectivity index (χ1n) is 4.05. The van der Waals surface area contributed by atoms with Crippen molar-refractivity contribution in [2.75, 3.05) is 6.61 Å². The molecular weight excluding hydrogens is 136 g/mol. The predicted octanol–water partition coefficient (Wildman–Crippen LogP) is 2.45. The van der Waals surface area contributed by atoms with Crippen molar-refractivity contribution >= 4 is 0 Å². The van der Waals surface area contributed by atoms with Gasteiger partial charge in [-0.2, -0.15) is 0 Å². The van der Waals surface area contributed by atoms with Crippen molar-refractivity contribution in [2.45, 2.75) is 25.9 Å². The van der Waals surface area contributed by atoms with Crippen LogP contribution >= 0.6 is 0 Å². The van der Waals surface area contributed by atoms with E-state index in [2.05, 4.69) is 25.3 Å². The van der Waals surface area contributed by atoms with Gasteiger partial charge in [0.2, 0.25) is 0 Å². The standard InChI is InChI=1S/C10H14O/c1-3-5-6-9-7-8-11-10(9)4-2/h5-6,10H,1,4,7-8H2,2H3. The molecule has 1 unspecified atom stereocenters. The lowest BCUT2D eigenvalue weighted by molar-refractivity contribution is 0.121. The van der Waals surface area contributed by atoms with Gasteiger partial charge >= 0.3 is 0 Å². The number of allylic oxidation sites excluding steroid dienone is 2. The van der Waals surface area contributed by atoms with Gasteiger partial charge in [0, 0.05) is 0 Å². The number of ether oxygens (including phenoxy) is 1. The van der Waals surface area contributed by atoms with E-state index in [-0.39, 0.29) is 0 Å². The summed E-state index contributed by atoms with van der Waals surface area (Å²) in [6, 6.07) is 0. The second kappa shape index (κ2) is 4.17. The molecule has 0 amide bonds. The van der Waals surface area contributed by atoms with E-state index in [1.165, 1.54) is 5.57 Å². The van der Waals surface area contributed by atoms with Crippen molar-refractivity contribution in [3.8, 4) is 0 Å². The minimum Gasteiger partial charge on any atom is -0.374 e. The molecule has 0 aromatic carbocycles. The van der Waals surface area contributed by atoms with E-state index in [1.54, 1.807) is 0 Å². The molecule has 0 radical (unpaired) electrons. The summed E-state index contributed by atoms with van der Waals surface area (Å²) in [7, 11) is 0. The summed E-state index contributed by atoms with van der Waals surface area (Å²) in [5.41, 5.74) is 4.11. The molecule has 1 heteroatoms. The smallest absolute Gasteiger partial charge is 0.0786 e. The molecular formula is C10H14O. The predicted molar refractivity (Wildman–Crippen MR) is 46.4 cm³/mol. The summed E-state index contributed by atoms with van der Waals surface area (Å²) < 4.78 is 5.48. The van der Waals surface area contributed by atoms with Crippen molar-refractivity contribution in [3.05, 3.63) is 30.0 Å². The molecule has 0 N–H and O–H groups in total. The van der Waals surface area contributed by atoms with Crippen molar-refractivity contribution in [1.29, 1.82) is 0 Å². The van der Waals surface area contributed by atoms with Crippen molar-refractivity contribution in [3.63, 3.8) is 0 Å². The number of hydrogen-bond acceptors (Lipinski definition) is 1. The lowest BCUT2D eigenvalue weighted by Gasteiger charge is -2.06. The third-order valence-corrected chi connectivity index (χ3v) is 1.91. The molecule has 1 fully saturated rings. The zero-order chi connectivity index (χ0) is 8.10. The van der Waals surface area contributed by atoms with E-state index in [1.807, 2.05) is 6.08 Å². The van der Waals surface area contributed by atoms with Gasteiger partial charge in [-0.3, -0.25) is 0 Å². The van der Waals surface area contributed by atoms with Crippen LogP contribution in [0.1, 0.15) is 19.8 Å². The van der Waals surface area contributed by atoms with Gasteiger partial charge in [0.1, 0.15) is 0 Å². The monoisotopic (exact) mass is 150 g/mol. The highest BCUT2D eigenvalue weighted by Crippen LogP contribution is 2.21. The molecule has 1 aliphatic heterocycles. The van der Waals surface area contributed by atoms with Crippen molar-refractivity contribution in [1.82, 2.24) is 0 Å². The fraction of sp³-hybridized carbons (Fsp3) is 0.500. The zero-order valence-electron chi connectivity index (χ0n) is 6.97. The Kier molecular flexibility index (Phi) is 3.15. The van der Waals surface area contributed by atoms with E-state index in [0.717, 1.165) is 19.4 Å². The minimum atomic E-state index is 0.347. The van der Waals surface area contributed by atoms with E-state index in [9.17, 15) is 0 Å². The Labute approximate surface area is 68.1 Å². The molecule has 60 valence electrons. The van der Waals surface area contributed by atoms with Crippen LogP contribution in [-0.4, -0.2) is 12.7 Å². The van der Waals surface area contributed by atoms with Gasteiger partial charge in [-0.1, -0.05) is 19.6 Å². The highest BCUT2D eigenvalue weighted by atomic mass is 16.5. The summed E-state index contributed by atoms with van der Waals surface area (Å²) in [5.74, 6) is 0. The van der Waals surface area contributed by atoms with Crippen LogP contribution in [0.25, 0.3) is 0 Å². The molecule has 0 saturated carbocycles. The quantitative estimate of drug-likeness (QED) is 0.549. The molecule has 0 aliphatic carbocycles. The maximum Gasteiger partial charge on any atom is 0.0786 e. The molecule has 1 atom stereocenters. The van der Waals surface area contributed by atoms with Gasteiger partial charge in [0.15, 0.2) is 0 Å². The Bertz CT molecular complexity index is 197. The van der Waals surface area contributed by atoms with Crippen LogP contribution in [0.4, 0.5) is 0 Å². The Morgan fingerprint density at radius 3 is 3.27 bits per heavy atom. The van der Waals surface area contributed by atoms with Gasteiger partial charge < -0.3 is 4.74 Å². The SMILES string of the molecule is C=C=CC=C1CCOC1CC. The van der Waals surface area contributed by atoms with Crippen LogP contribution in [0.3, 0.4) is 0 Å². The van der Waals surface area contributed by atoms with Crippen LogP contribution in [0.15, 0.2) is 30.0 Å². The highest BCUT2D eigenvalue weighted by Gasteiger charge is 2.18. The zero-order valence-corrected chi connectivity index (χ0v) is 6.97. The third kappa shape index (κ3) is 2.07. The average Bonchev–Trinajstić information content (AvgIpc) is 2.47. The average molecular weight is 150 g/mol. The molecule has 0 aromatic rings. The van der Waals surface area contributed by atoms with Crippen LogP contribution in [0.5, 0.6) is 0 Å².